The number of piperidine rings is 1. The van der Waals surface area contributed by atoms with Gasteiger partial charge in [0.05, 0.1) is 6.54 Å². The fourth-order valence-electron chi connectivity index (χ4n) is 3.55. The van der Waals surface area contributed by atoms with Crippen molar-refractivity contribution in [1.82, 2.24) is 9.80 Å². The van der Waals surface area contributed by atoms with Crippen molar-refractivity contribution in [3.8, 4) is 0 Å². The van der Waals surface area contributed by atoms with E-state index in [4.69, 9.17) is 5.73 Å². The van der Waals surface area contributed by atoms with Crippen LogP contribution in [0.4, 0.5) is 0 Å². The van der Waals surface area contributed by atoms with Crippen LogP contribution >= 0.6 is 0 Å². The number of hydrogen-bond acceptors (Lipinski definition) is 4. The molecule has 134 valence electrons. The van der Waals surface area contributed by atoms with Crippen molar-refractivity contribution in [2.24, 2.45) is 11.7 Å². The van der Waals surface area contributed by atoms with E-state index in [1.165, 1.54) is 4.90 Å². The number of benzene rings is 1. The fourth-order valence-corrected chi connectivity index (χ4v) is 3.55. The van der Waals surface area contributed by atoms with E-state index in [1.807, 2.05) is 24.0 Å². The van der Waals surface area contributed by atoms with Gasteiger partial charge in [0.25, 0.3) is 5.91 Å². The molecule has 1 aromatic rings. The van der Waals surface area contributed by atoms with Crippen molar-refractivity contribution in [3.63, 3.8) is 0 Å². The first-order valence-corrected chi connectivity index (χ1v) is 8.92. The first-order valence-electron chi connectivity index (χ1n) is 8.92. The smallest absolute Gasteiger partial charge is 0.253 e. The number of hydrogen-bond donors (Lipinski definition) is 1. The number of rotatable bonds is 4. The molecule has 2 saturated heterocycles. The van der Waals surface area contributed by atoms with Crippen molar-refractivity contribution >= 4 is 17.7 Å². The molecule has 2 heterocycles. The van der Waals surface area contributed by atoms with Crippen LogP contribution in [-0.2, 0) is 16.1 Å². The average Bonchev–Trinajstić information content (AvgIpc) is 2.94. The van der Waals surface area contributed by atoms with Gasteiger partial charge in [-0.05, 0) is 43.4 Å². The van der Waals surface area contributed by atoms with Gasteiger partial charge in [-0.3, -0.25) is 19.3 Å². The van der Waals surface area contributed by atoms with Gasteiger partial charge in [-0.25, -0.2) is 0 Å². The van der Waals surface area contributed by atoms with E-state index < -0.39 is 0 Å². The minimum Gasteiger partial charge on any atom is -0.339 e. The molecule has 1 aromatic carbocycles. The van der Waals surface area contributed by atoms with Crippen molar-refractivity contribution in [1.29, 1.82) is 0 Å². The van der Waals surface area contributed by atoms with E-state index in [-0.39, 0.29) is 30.3 Å². The Bertz CT molecular complexity index is 645. The molecule has 6 heteroatoms. The summed E-state index contributed by atoms with van der Waals surface area (Å²) in [6.07, 6.45) is 2.49. The average molecular weight is 343 g/mol. The molecule has 2 fully saturated rings. The Labute approximate surface area is 148 Å². The van der Waals surface area contributed by atoms with Crippen LogP contribution in [0.5, 0.6) is 0 Å². The molecule has 0 aliphatic carbocycles. The van der Waals surface area contributed by atoms with Crippen molar-refractivity contribution in [3.05, 3.63) is 35.4 Å². The van der Waals surface area contributed by atoms with Crippen LogP contribution in [0.3, 0.4) is 0 Å². The molecule has 0 bridgehead atoms. The molecule has 1 unspecified atom stereocenters. The first kappa shape index (κ1) is 17.6. The van der Waals surface area contributed by atoms with Gasteiger partial charge >= 0.3 is 0 Å². The zero-order valence-corrected chi connectivity index (χ0v) is 14.6. The highest BCUT2D eigenvalue weighted by Gasteiger charge is 2.29. The maximum atomic E-state index is 12.6. The molecule has 2 N–H and O–H groups in total. The lowest BCUT2D eigenvalue weighted by molar-refractivity contribution is -0.139. The number of imide groups is 1. The first-order chi connectivity index (χ1) is 12.0. The van der Waals surface area contributed by atoms with Gasteiger partial charge in [0.15, 0.2) is 0 Å². The molecular weight excluding hydrogens is 318 g/mol. The number of carbonyl (C=O) groups excluding carboxylic acids is 3. The molecule has 3 amide bonds. The largest absolute Gasteiger partial charge is 0.339 e. The SMILES string of the molecule is CC(N)C1CCN(C(=O)c2ccc(CN3C(=O)CCC3=O)cc2)CC1. The Balaban J connectivity index is 1.59. The monoisotopic (exact) mass is 343 g/mol. The molecule has 0 radical (unpaired) electrons. The van der Waals surface area contributed by atoms with E-state index in [0.29, 0.717) is 24.3 Å². The minimum atomic E-state index is -0.123. The fraction of sp³-hybridized carbons (Fsp3) is 0.526. The third kappa shape index (κ3) is 3.90. The normalized spacial score (nSPS) is 20.2. The Kier molecular flexibility index (Phi) is 5.18. The second-order valence-electron chi connectivity index (χ2n) is 7.06. The Morgan fingerprint density at radius 1 is 1.12 bits per heavy atom. The highest BCUT2D eigenvalue weighted by molar-refractivity contribution is 6.01. The maximum absolute atomic E-state index is 12.6. The van der Waals surface area contributed by atoms with Gasteiger partial charge in [-0.1, -0.05) is 12.1 Å². The number of nitrogens with two attached hydrogens (primary N) is 1. The Hall–Kier alpha value is -2.21. The van der Waals surface area contributed by atoms with Crippen LogP contribution in [-0.4, -0.2) is 46.7 Å². The molecule has 6 nitrogen and oxygen atoms in total. The summed E-state index contributed by atoms with van der Waals surface area (Å²) in [6.45, 7) is 3.79. The molecular formula is C19H25N3O3. The maximum Gasteiger partial charge on any atom is 0.253 e. The van der Waals surface area contributed by atoms with E-state index in [2.05, 4.69) is 0 Å². The van der Waals surface area contributed by atoms with Crippen LogP contribution in [0.2, 0.25) is 0 Å². The second-order valence-corrected chi connectivity index (χ2v) is 7.06. The molecule has 2 aliphatic heterocycles. The van der Waals surface area contributed by atoms with Crippen molar-refractivity contribution in [2.45, 2.75) is 45.2 Å². The molecule has 0 aromatic heterocycles. The number of carbonyl (C=O) groups is 3. The third-order valence-electron chi connectivity index (χ3n) is 5.27. The van der Waals surface area contributed by atoms with Gasteiger partial charge in [0.1, 0.15) is 0 Å². The van der Waals surface area contributed by atoms with Crippen LogP contribution < -0.4 is 5.73 Å². The lowest BCUT2D eigenvalue weighted by Gasteiger charge is -2.33. The van der Waals surface area contributed by atoms with Crippen molar-refractivity contribution in [2.75, 3.05) is 13.1 Å². The molecule has 1 atom stereocenters. The van der Waals surface area contributed by atoms with E-state index in [9.17, 15) is 14.4 Å². The second kappa shape index (κ2) is 7.35. The zero-order chi connectivity index (χ0) is 18.0. The van der Waals surface area contributed by atoms with Crippen LogP contribution in [0.25, 0.3) is 0 Å². The van der Waals surface area contributed by atoms with E-state index in [1.54, 1.807) is 12.1 Å². The van der Waals surface area contributed by atoms with Crippen LogP contribution in [0, 0.1) is 5.92 Å². The van der Waals surface area contributed by atoms with Gasteiger partial charge in [0, 0.05) is 37.5 Å². The lowest BCUT2D eigenvalue weighted by atomic mass is 9.90. The number of amides is 3. The van der Waals surface area contributed by atoms with E-state index >= 15 is 0 Å². The Morgan fingerprint density at radius 3 is 2.20 bits per heavy atom. The van der Waals surface area contributed by atoms with Gasteiger partial charge < -0.3 is 10.6 Å². The molecule has 25 heavy (non-hydrogen) atoms. The standard InChI is InChI=1S/C19H25N3O3/c1-13(20)15-8-10-21(11-9-15)19(25)16-4-2-14(3-5-16)12-22-17(23)6-7-18(22)24/h2-5,13,15H,6-12,20H2,1H3. The van der Waals surface area contributed by atoms with E-state index in [0.717, 1.165) is 31.5 Å². The summed E-state index contributed by atoms with van der Waals surface area (Å²) in [4.78, 5) is 39.1. The quantitative estimate of drug-likeness (QED) is 0.841. The molecule has 2 aliphatic rings. The lowest BCUT2D eigenvalue weighted by Crippen LogP contribution is -2.42. The van der Waals surface area contributed by atoms with Gasteiger partial charge in [-0.15, -0.1) is 0 Å². The topological polar surface area (TPSA) is 83.7 Å². The summed E-state index contributed by atoms with van der Waals surface area (Å²) >= 11 is 0. The van der Waals surface area contributed by atoms with Gasteiger partial charge in [-0.2, -0.15) is 0 Å². The van der Waals surface area contributed by atoms with Crippen LogP contribution in [0.1, 0.15) is 48.5 Å². The summed E-state index contributed by atoms with van der Waals surface area (Å²) in [7, 11) is 0. The van der Waals surface area contributed by atoms with Gasteiger partial charge in [0.2, 0.25) is 11.8 Å². The van der Waals surface area contributed by atoms with Crippen molar-refractivity contribution < 1.29 is 14.4 Å². The Morgan fingerprint density at radius 2 is 1.68 bits per heavy atom. The highest BCUT2D eigenvalue weighted by Crippen LogP contribution is 2.22. The summed E-state index contributed by atoms with van der Waals surface area (Å²) in [5.41, 5.74) is 7.45. The summed E-state index contributed by atoms with van der Waals surface area (Å²) in [6, 6.07) is 7.37. The number of likely N-dealkylation sites (tertiary alicyclic amines) is 2. The molecule has 0 saturated carbocycles. The third-order valence-corrected chi connectivity index (χ3v) is 5.27. The zero-order valence-electron chi connectivity index (χ0n) is 14.6. The predicted octanol–water partition coefficient (Wildman–Crippen LogP) is 1.53. The number of nitrogens with zero attached hydrogens (tertiary/aromatic N) is 2. The summed E-state index contributed by atoms with van der Waals surface area (Å²) in [5.74, 6) is 0.272. The van der Waals surface area contributed by atoms with Crippen LogP contribution in [0.15, 0.2) is 24.3 Å². The predicted molar refractivity (Wildman–Crippen MR) is 93.5 cm³/mol. The summed E-state index contributed by atoms with van der Waals surface area (Å²) < 4.78 is 0. The summed E-state index contributed by atoms with van der Waals surface area (Å²) in [5, 5.41) is 0. The molecule has 3 rings (SSSR count). The minimum absolute atomic E-state index is 0.0306. The molecule has 0 spiro atoms. The highest BCUT2D eigenvalue weighted by atomic mass is 16.2.